The Bertz CT molecular complexity index is 773. The van der Waals surface area contributed by atoms with E-state index in [0.717, 1.165) is 5.56 Å². The Kier molecular flexibility index (Phi) is 6.64. The third-order valence-electron chi connectivity index (χ3n) is 4.82. The van der Waals surface area contributed by atoms with Crippen LogP contribution in [-0.4, -0.2) is 51.3 Å². The Hall–Kier alpha value is -1.93. The second-order valence-corrected chi connectivity index (χ2v) is 9.68. The third kappa shape index (κ3) is 5.29. The number of nitrogens with zero attached hydrogens (tertiary/aromatic N) is 1. The number of carbonyl (C=O) groups excluding carboxylic acids is 2. The molecule has 1 heterocycles. The number of sulfonamides is 1. The molecule has 0 aromatic heterocycles. The van der Waals surface area contributed by atoms with Gasteiger partial charge in [0.05, 0.1) is 12.0 Å². The van der Waals surface area contributed by atoms with E-state index >= 15 is 0 Å². The van der Waals surface area contributed by atoms with E-state index in [1.54, 1.807) is 12.1 Å². The first kappa shape index (κ1) is 21.4. The number of hydrogen-bond donors (Lipinski definition) is 1. The number of hydrogen-bond acceptors (Lipinski definition) is 5. The maximum absolute atomic E-state index is 12.8. The zero-order valence-electron chi connectivity index (χ0n) is 16.3. The molecule has 1 aromatic rings. The first-order valence-electron chi connectivity index (χ1n) is 9.01. The lowest BCUT2D eigenvalue weighted by Gasteiger charge is -2.30. The maximum Gasteiger partial charge on any atom is 0.325 e. The Morgan fingerprint density at radius 2 is 1.70 bits per heavy atom. The summed E-state index contributed by atoms with van der Waals surface area (Å²) < 4.78 is 31.6. The summed E-state index contributed by atoms with van der Waals surface area (Å²) in [6.07, 6.45) is 0.846. The fourth-order valence-corrected chi connectivity index (χ4v) is 4.48. The molecule has 0 aliphatic carbocycles. The highest BCUT2D eigenvalue weighted by Gasteiger charge is 2.32. The van der Waals surface area contributed by atoms with Gasteiger partial charge in [-0.3, -0.25) is 9.59 Å². The number of piperidine rings is 1. The lowest BCUT2D eigenvalue weighted by molar-refractivity contribution is -0.141. The summed E-state index contributed by atoms with van der Waals surface area (Å²) in [6, 6.07) is 6.98. The molecule has 8 heteroatoms. The second-order valence-electron chi connectivity index (χ2n) is 7.75. The number of rotatable bonds is 5. The molecule has 1 saturated heterocycles. The van der Waals surface area contributed by atoms with E-state index in [1.807, 2.05) is 12.1 Å². The van der Waals surface area contributed by atoms with E-state index in [-0.39, 0.29) is 41.8 Å². The van der Waals surface area contributed by atoms with Gasteiger partial charge in [0.1, 0.15) is 6.54 Å². The molecule has 1 fully saturated rings. The average molecular weight is 397 g/mol. The summed E-state index contributed by atoms with van der Waals surface area (Å²) >= 11 is 0. The van der Waals surface area contributed by atoms with Crippen LogP contribution in [0.4, 0.5) is 0 Å². The molecule has 2 rings (SSSR count). The Labute approximate surface area is 161 Å². The van der Waals surface area contributed by atoms with Crippen LogP contribution in [0, 0.1) is 5.92 Å². The number of nitrogens with one attached hydrogen (secondary N) is 1. The van der Waals surface area contributed by atoms with Gasteiger partial charge in [0.2, 0.25) is 15.9 Å². The summed E-state index contributed by atoms with van der Waals surface area (Å²) in [7, 11) is -2.32. The summed E-state index contributed by atoms with van der Waals surface area (Å²) in [5.74, 6) is -1.06. The number of amides is 1. The molecule has 0 saturated carbocycles. The van der Waals surface area contributed by atoms with Gasteiger partial charge < -0.3 is 10.1 Å². The molecule has 1 aliphatic heterocycles. The van der Waals surface area contributed by atoms with Gasteiger partial charge in [-0.2, -0.15) is 4.31 Å². The predicted molar refractivity (Wildman–Crippen MR) is 102 cm³/mol. The van der Waals surface area contributed by atoms with Crippen molar-refractivity contribution in [3.8, 4) is 0 Å². The van der Waals surface area contributed by atoms with Gasteiger partial charge in [-0.05, 0) is 36.0 Å². The first-order chi connectivity index (χ1) is 12.6. The van der Waals surface area contributed by atoms with E-state index < -0.39 is 16.0 Å². The van der Waals surface area contributed by atoms with E-state index in [1.165, 1.54) is 11.4 Å². The molecule has 0 spiro atoms. The van der Waals surface area contributed by atoms with Crippen molar-refractivity contribution in [1.29, 1.82) is 0 Å². The average Bonchev–Trinajstić information content (AvgIpc) is 2.65. The highest BCUT2D eigenvalue weighted by atomic mass is 32.2. The topological polar surface area (TPSA) is 92.8 Å². The minimum Gasteiger partial charge on any atom is -0.468 e. The Balaban J connectivity index is 1.98. The molecule has 0 radical (unpaired) electrons. The van der Waals surface area contributed by atoms with Crippen molar-refractivity contribution >= 4 is 21.9 Å². The van der Waals surface area contributed by atoms with Gasteiger partial charge in [0.15, 0.2) is 0 Å². The van der Waals surface area contributed by atoms with Gasteiger partial charge >= 0.3 is 5.97 Å². The van der Waals surface area contributed by atoms with Crippen molar-refractivity contribution in [3.63, 3.8) is 0 Å². The van der Waals surface area contributed by atoms with Crippen LogP contribution in [0.1, 0.15) is 39.2 Å². The number of methoxy groups -OCH3 is 1. The first-order valence-corrected chi connectivity index (χ1v) is 10.4. The molecule has 0 bridgehead atoms. The molecule has 7 nitrogen and oxygen atoms in total. The fraction of sp³-hybridized carbons (Fsp3) is 0.579. The SMILES string of the molecule is COC(=O)CNC(=O)C1CCN(S(=O)(=O)c2ccc(C(C)(C)C)cc2)CC1. The van der Waals surface area contributed by atoms with Crippen LogP contribution in [0.25, 0.3) is 0 Å². The summed E-state index contributed by atoms with van der Waals surface area (Å²) in [5, 5.41) is 2.53. The molecule has 150 valence electrons. The second kappa shape index (κ2) is 8.39. The van der Waals surface area contributed by atoms with E-state index in [2.05, 4.69) is 30.8 Å². The molecular weight excluding hydrogens is 368 g/mol. The van der Waals surface area contributed by atoms with Crippen molar-refractivity contribution in [2.75, 3.05) is 26.7 Å². The molecule has 0 atom stereocenters. The lowest BCUT2D eigenvalue weighted by Crippen LogP contribution is -2.43. The molecule has 0 unspecified atom stereocenters. The van der Waals surface area contributed by atoms with E-state index in [9.17, 15) is 18.0 Å². The molecule has 1 N–H and O–H groups in total. The summed E-state index contributed by atoms with van der Waals surface area (Å²) in [4.78, 5) is 23.5. The van der Waals surface area contributed by atoms with Crippen molar-refractivity contribution < 1.29 is 22.7 Å². The van der Waals surface area contributed by atoms with Gasteiger partial charge in [-0.25, -0.2) is 8.42 Å². The standard InChI is InChI=1S/C19H28N2O5S/c1-19(2,3)15-5-7-16(8-6-15)27(24,25)21-11-9-14(10-12-21)18(23)20-13-17(22)26-4/h5-8,14H,9-13H2,1-4H3,(H,20,23). The predicted octanol–water partition coefficient (Wildman–Crippen LogP) is 1.67. The smallest absolute Gasteiger partial charge is 0.325 e. The minimum atomic E-state index is -3.58. The number of carbonyl (C=O) groups is 2. The van der Waals surface area contributed by atoms with Gasteiger partial charge in [-0.15, -0.1) is 0 Å². The fourth-order valence-electron chi connectivity index (χ4n) is 3.01. The molecule has 1 amide bonds. The van der Waals surface area contributed by atoms with Crippen LogP contribution in [0.15, 0.2) is 29.2 Å². The van der Waals surface area contributed by atoms with Crippen molar-refractivity contribution in [2.45, 2.75) is 43.9 Å². The van der Waals surface area contributed by atoms with E-state index in [4.69, 9.17) is 0 Å². The third-order valence-corrected chi connectivity index (χ3v) is 6.73. The van der Waals surface area contributed by atoms with Crippen molar-refractivity contribution in [3.05, 3.63) is 29.8 Å². The minimum absolute atomic E-state index is 0.0435. The zero-order valence-corrected chi connectivity index (χ0v) is 17.1. The van der Waals surface area contributed by atoms with Crippen LogP contribution in [0.3, 0.4) is 0 Å². The van der Waals surface area contributed by atoms with Crippen molar-refractivity contribution in [2.24, 2.45) is 5.92 Å². The van der Waals surface area contributed by atoms with Gasteiger partial charge in [-0.1, -0.05) is 32.9 Å². The van der Waals surface area contributed by atoms with Crippen LogP contribution >= 0.6 is 0 Å². The zero-order chi connectivity index (χ0) is 20.2. The summed E-state index contributed by atoms with van der Waals surface area (Å²) in [6.45, 7) is 6.61. The van der Waals surface area contributed by atoms with Crippen LogP contribution in [0.5, 0.6) is 0 Å². The molecule has 1 aromatic carbocycles. The number of esters is 1. The lowest BCUT2D eigenvalue weighted by atomic mass is 9.87. The normalized spacial score (nSPS) is 16.7. The molecular formula is C19H28N2O5S. The Morgan fingerprint density at radius 3 is 2.19 bits per heavy atom. The van der Waals surface area contributed by atoms with Crippen molar-refractivity contribution in [1.82, 2.24) is 9.62 Å². The molecule has 27 heavy (non-hydrogen) atoms. The molecule has 1 aliphatic rings. The Morgan fingerprint density at radius 1 is 1.15 bits per heavy atom. The maximum atomic E-state index is 12.8. The highest BCUT2D eigenvalue weighted by Crippen LogP contribution is 2.27. The van der Waals surface area contributed by atoms with Gasteiger partial charge in [0, 0.05) is 19.0 Å². The number of benzene rings is 1. The van der Waals surface area contributed by atoms with Crippen LogP contribution < -0.4 is 5.32 Å². The van der Waals surface area contributed by atoms with Gasteiger partial charge in [0.25, 0.3) is 0 Å². The monoisotopic (exact) mass is 396 g/mol. The van der Waals surface area contributed by atoms with Crippen LogP contribution in [0.2, 0.25) is 0 Å². The quantitative estimate of drug-likeness (QED) is 0.765. The largest absolute Gasteiger partial charge is 0.468 e. The van der Waals surface area contributed by atoms with E-state index in [0.29, 0.717) is 12.8 Å². The summed E-state index contributed by atoms with van der Waals surface area (Å²) in [5.41, 5.74) is 1.03. The highest BCUT2D eigenvalue weighted by molar-refractivity contribution is 7.89. The number of ether oxygens (including phenoxy) is 1. The van der Waals surface area contributed by atoms with Crippen LogP contribution in [-0.2, 0) is 29.8 Å².